The van der Waals surface area contributed by atoms with Crippen LogP contribution >= 0.6 is 0 Å². The van der Waals surface area contributed by atoms with Crippen molar-refractivity contribution in [2.24, 2.45) is 0 Å². The second-order valence-electron chi connectivity index (χ2n) is 5.63. The number of rotatable bonds is 4. The first-order valence-electron chi connectivity index (χ1n) is 6.58. The van der Waals surface area contributed by atoms with Crippen molar-refractivity contribution in [2.45, 2.75) is 32.0 Å². The van der Waals surface area contributed by atoms with Crippen LogP contribution in [0.1, 0.15) is 24.0 Å². The minimum atomic E-state index is -1.25. The van der Waals surface area contributed by atoms with E-state index in [1.807, 2.05) is 6.08 Å². The van der Waals surface area contributed by atoms with Crippen LogP contribution in [0.15, 0.2) is 30.8 Å². The van der Waals surface area contributed by atoms with Gasteiger partial charge in [-0.25, -0.2) is 0 Å². The third kappa shape index (κ3) is 3.08. The molecule has 0 spiro atoms. The molecule has 0 unspecified atom stereocenters. The molecule has 2 heteroatoms. The maximum absolute atomic E-state index is 3.85. The molecule has 0 bridgehead atoms. The molecule has 17 heavy (non-hydrogen) atoms. The zero-order chi connectivity index (χ0) is 12.3. The van der Waals surface area contributed by atoms with Crippen LogP contribution in [0.4, 0.5) is 0 Å². The van der Waals surface area contributed by atoms with Crippen LogP contribution < -0.4 is 0 Å². The molecule has 0 N–H and O–H groups in total. The molecule has 1 saturated heterocycles. The van der Waals surface area contributed by atoms with Crippen molar-refractivity contribution >= 4 is 14.3 Å². The molecule has 1 fully saturated rings. The second-order valence-corrected chi connectivity index (χ2v) is 10.2. The smallest absolute Gasteiger partial charge is 0.126 e. The average Bonchev–Trinajstić information content (AvgIpc) is 2.83. The van der Waals surface area contributed by atoms with E-state index >= 15 is 0 Å². The number of benzene rings is 1. The minimum Gasteiger partial charge on any atom is -0.323 e. The monoisotopic (exact) mass is 245 g/mol. The Balaban J connectivity index is 2.10. The molecule has 1 nitrogen and oxygen atoms in total. The molecule has 0 amide bonds. The summed E-state index contributed by atoms with van der Waals surface area (Å²) in [4.78, 5) is 0. The molecular formula is C15H23NSi. The van der Waals surface area contributed by atoms with Crippen LogP contribution in [0, 0.1) is 0 Å². The summed E-state index contributed by atoms with van der Waals surface area (Å²) in [5.41, 5.74) is 2.72. The molecule has 0 atom stereocenters. The van der Waals surface area contributed by atoms with Gasteiger partial charge in [-0.3, -0.25) is 0 Å². The van der Waals surface area contributed by atoms with Gasteiger partial charge < -0.3 is 4.57 Å². The predicted octanol–water partition coefficient (Wildman–Crippen LogP) is 3.71. The van der Waals surface area contributed by atoms with Gasteiger partial charge in [-0.1, -0.05) is 50.0 Å². The quantitative estimate of drug-likeness (QED) is 0.731. The van der Waals surface area contributed by atoms with Gasteiger partial charge in [0.2, 0.25) is 0 Å². The SMILES string of the molecule is C=Cc1cccc(C[Si](C)(C)N2CCCC2)c1. The van der Waals surface area contributed by atoms with Gasteiger partial charge in [0.1, 0.15) is 8.24 Å². The number of hydrogen-bond donors (Lipinski definition) is 0. The Hall–Kier alpha value is -0.863. The highest BCUT2D eigenvalue weighted by Gasteiger charge is 2.31. The van der Waals surface area contributed by atoms with Crippen LogP contribution in [0.3, 0.4) is 0 Å². The van der Waals surface area contributed by atoms with E-state index in [2.05, 4.69) is 48.5 Å². The number of nitrogens with zero attached hydrogens (tertiary/aromatic N) is 1. The maximum atomic E-state index is 3.85. The van der Waals surface area contributed by atoms with E-state index in [4.69, 9.17) is 0 Å². The fourth-order valence-electron chi connectivity index (χ4n) is 2.76. The van der Waals surface area contributed by atoms with Crippen LogP contribution in [0.25, 0.3) is 6.08 Å². The van der Waals surface area contributed by atoms with E-state index in [1.165, 1.54) is 43.1 Å². The molecule has 2 rings (SSSR count). The maximum Gasteiger partial charge on any atom is 0.126 e. The van der Waals surface area contributed by atoms with Gasteiger partial charge in [0, 0.05) is 0 Å². The highest BCUT2D eigenvalue weighted by Crippen LogP contribution is 2.22. The molecule has 1 aliphatic heterocycles. The average molecular weight is 245 g/mol. The van der Waals surface area contributed by atoms with Crippen LogP contribution in [-0.4, -0.2) is 25.9 Å². The Kier molecular flexibility index (Phi) is 3.85. The van der Waals surface area contributed by atoms with Crippen molar-refractivity contribution in [1.82, 2.24) is 4.57 Å². The lowest BCUT2D eigenvalue weighted by Crippen LogP contribution is -2.49. The lowest BCUT2D eigenvalue weighted by molar-refractivity contribution is 0.517. The summed E-state index contributed by atoms with van der Waals surface area (Å²) < 4.78 is 2.76. The van der Waals surface area contributed by atoms with E-state index in [9.17, 15) is 0 Å². The summed E-state index contributed by atoms with van der Waals surface area (Å²) in [5.74, 6) is 0. The third-order valence-electron chi connectivity index (χ3n) is 3.79. The highest BCUT2D eigenvalue weighted by molar-refractivity contribution is 6.74. The molecule has 1 aromatic rings. The Morgan fingerprint density at radius 1 is 1.29 bits per heavy atom. The molecular weight excluding hydrogens is 222 g/mol. The molecule has 92 valence electrons. The van der Waals surface area contributed by atoms with E-state index in [1.54, 1.807) is 0 Å². The van der Waals surface area contributed by atoms with Crippen molar-refractivity contribution in [1.29, 1.82) is 0 Å². The third-order valence-corrected chi connectivity index (χ3v) is 7.22. The summed E-state index contributed by atoms with van der Waals surface area (Å²) in [5, 5.41) is 0. The molecule has 0 aromatic heterocycles. The zero-order valence-electron chi connectivity index (χ0n) is 11.1. The van der Waals surface area contributed by atoms with Gasteiger partial charge in [0.15, 0.2) is 0 Å². The fraction of sp³-hybridized carbons (Fsp3) is 0.467. The first-order chi connectivity index (χ1) is 8.12. The summed E-state index contributed by atoms with van der Waals surface area (Å²) in [6, 6.07) is 10.1. The molecule has 1 aromatic carbocycles. The minimum absolute atomic E-state index is 1.24. The van der Waals surface area contributed by atoms with Gasteiger partial charge in [-0.15, -0.1) is 0 Å². The predicted molar refractivity (Wildman–Crippen MR) is 78.5 cm³/mol. The lowest BCUT2D eigenvalue weighted by Gasteiger charge is -2.33. The van der Waals surface area contributed by atoms with Crippen molar-refractivity contribution in [3.63, 3.8) is 0 Å². The van der Waals surface area contributed by atoms with Crippen LogP contribution in [0.5, 0.6) is 0 Å². The zero-order valence-corrected chi connectivity index (χ0v) is 12.1. The van der Waals surface area contributed by atoms with Crippen molar-refractivity contribution in [3.05, 3.63) is 42.0 Å². The Morgan fingerprint density at radius 3 is 2.65 bits per heavy atom. The van der Waals surface area contributed by atoms with Crippen molar-refractivity contribution in [2.75, 3.05) is 13.1 Å². The Labute approximate surface area is 106 Å². The van der Waals surface area contributed by atoms with Gasteiger partial charge in [0.25, 0.3) is 0 Å². The van der Waals surface area contributed by atoms with Crippen molar-refractivity contribution in [3.8, 4) is 0 Å². The standard InChI is InChI=1S/C15H23NSi/c1-4-14-8-7-9-15(12-14)13-17(2,3)16-10-5-6-11-16/h4,7-9,12H,1,5-6,10-11,13H2,2-3H3. The molecule has 1 aliphatic rings. The van der Waals surface area contributed by atoms with Crippen molar-refractivity contribution < 1.29 is 0 Å². The summed E-state index contributed by atoms with van der Waals surface area (Å²) in [6.45, 7) is 11.5. The summed E-state index contributed by atoms with van der Waals surface area (Å²) >= 11 is 0. The normalized spacial score (nSPS) is 17.3. The van der Waals surface area contributed by atoms with Gasteiger partial charge in [-0.2, -0.15) is 0 Å². The highest BCUT2D eigenvalue weighted by atomic mass is 28.3. The lowest BCUT2D eigenvalue weighted by atomic mass is 10.1. The molecule has 0 radical (unpaired) electrons. The molecule has 0 saturated carbocycles. The largest absolute Gasteiger partial charge is 0.323 e. The Bertz CT molecular complexity index is 392. The molecule has 0 aliphatic carbocycles. The van der Waals surface area contributed by atoms with Gasteiger partial charge in [0.05, 0.1) is 0 Å². The summed E-state index contributed by atoms with van der Waals surface area (Å²) in [7, 11) is -1.25. The van der Waals surface area contributed by atoms with Crippen LogP contribution in [0.2, 0.25) is 13.1 Å². The number of hydrogen-bond acceptors (Lipinski definition) is 1. The van der Waals surface area contributed by atoms with Gasteiger partial charge in [-0.05, 0) is 43.1 Å². The van der Waals surface area contributed by atoms with Gasteiger partial charge >= 0.3 is 0 Å². The van der Waals surface area contributed by atoms with E-state index in [-0.39, 0.29) is 0 Å². The topological polar surface area (TPSA) is 3.24 Å². The van der Waals surface area contributed by atoms with Crippen LogP contribution in [-0.2, 0) is 6.04 Å². The molecule has 1 heterocycles. The fourth-order valence-corrected chi connectivity index (χ4v) is 5.73. The van der Waals surface area contributed by atoms with E-state index in [0.717, 1.165) is 0 Å². The van der Waals surface area contributed by atoms with E-state index < -0.39 is 8.24 Å². The first kappa shape index (κ1) is 12.6. The first-order valence-corrected chi connectivity index (χ1v) is 9.74. The summed E-state index contributed by atoms with van der Waals surface area (Å²) in [6.07, 6.45) is 4.72. The second kappa shape index (κ2) is 5.19. The van der Waals surface area contributed by atoms with E-state index in [0.29, 0.717) is 0 Å². The Morgan fingerprint density at radius 2 is 2.00 bits per heavy atom.